The molecule has 7 nitrogen and oxygen atoms in total. The molecule has 2 aromatic carbocycles. The molecule has 0 radical (unpaired) electrons. The Morgan fingerprint density at radius 2 is 1.94 bits per heavy atom. The van der Waals surface area contributed by atoms with E-state index in [2.05, 4.69) is 5.32 Å². The standard InChI is InChI=1S/C23H24N4O3S/c1-13(2)19-22(29)27-20(26-19)17-10-5-6-11-18(17)25-23(27)31-14(3)21(28)24-15-8-7-9-16(12-15)30-4/h5-14,19H,1-4H3,(H,24,28)/t14-,19+/m1/s1. The number of carbonyl (C=O) groups excluding carboxylic acids is 2. The Bertz CT molecular complexity index is 1100. The number of carbonyl (C=O) groups is 2. The first-order valence-electron chi connectivity index (χ1n) is 10.1. The molecule has 2 amide bonds. The first-order chi connectivity index (χ1) is 14.9. The van der Waals surface area contributed by atoms with Gasteiger partial charge in [0, 0.05) is 17.3 Å². The fraction of sp³-hybridized carbons (Fsp3) is 0.304. The molecule has 0 aliphatic carbocycles. The fourth-order valence-electron chi connectivity index (χ4n) is 3.44. The number of anilines is 1. The number of amides is 2. The average Bonchev–Trinajstić information content (AvgIpc) is 3.12. The van der Waals surface area contributed by atoms with Crippen LogP contribution in [0.15, 0.2) is 58.5 Å². The lowest BCUT2D eigenvalue weighted by molar-refractivity contribution is -0.125. The van der Waals surface area contributed by atoms with Crippen molar-refractivity contribution in [3.05, 3.63) is 54.1 Å². The van der Waals surface area contributed by atoms with Gasteiger partial charge in [0.15, 0.2) is 5.17 Å². The van der Waals surface area contributed by atoms with Crippen LogP contribution < -0.4 is 10.1 Å². The Labute approximate surface area is 185 Å². The van der Waals surface area contributed by atoms with Gasteiger partial charge in [0.2, 0.25) is 5.91 Å². The highest BCUT2D eigenvalue weighted by atomic mass is 32.2. The van der Waals surface area contributed by atoms with Crippen molar-refractivity contribution in [1.29, 1.82) is 0 Å². The number of ether oxygens (including phenoxy) is 1. The zero-order valence-electron chi connectivity index (χ0n) is 17.8. The molecular weight excluding hydrogens is 412 g/mol. The molecule has 0 bridgehead atoms. The molecule has 160 valence electrons. The minimum absolute atomic E-state index is 0.0674. The average molecular weight is 437 g/mol. The third-order valence-corrected chi connectivity index (χ3v) is 6.17. The molecule has 0 aromatic heterocycles. The smallest absolute Gasteiger partial charge is 0.259 e. The van der Waals surface area contributed by atoms with Gasteiger partial charge in [-0.3, -0.25) is 14.6 Å². The topological polar surface area (TPSA) is 83.4 Å². The van der Waals surface area contributed by atoms with E-state index in [-0.39, 0.29) is 17.7 Å². The molecule has 2 aliphatic rings. The predicted molar refractivity (Wildman–Crippen MR) is 124 cm³/mol. The summed E-state index contributed by atoms with van der Waals surface area (Å²) in [6.07, 6.45) is 0. The van der Waals surface area contributed by atoms with Crippen molar-refractivity contribution in [2.24, 2.45) is 15.9 Å². The molecule has 0 saturated heterocycles. The van der Waals surface area contributed by atoms with Crippen LogP contribution in [0, 0.1) is 5.92 Å². The van der Waals surface area contributed by atoms with Crippen LogP contribution in [0.3, 0.4) is 0 Å². The van der Waals surface area contributed by atoms with E-state index in [1.807, 2.05) is 50.2 Å². The minimum atomic E-state index is -0.484. The van der Waals surface area contributed by atoms with E-state index >= 15 is 0 Å². The summed E-state index contributed by atoms with van der Waals surface area (Å²) in [5.74, 6) is 1.04. The van der Waals surface area contributed by atoms with Gasteiger partial charge < -0.3 is 10.1 Å². The van der Waals surface area contributed by atoms with Crippen molar-refractivity contribution in [1.82, 2.24) is 4.90 Å². The third kappa shape index (κ3) is 4.07. The molecule has 2 aromatic rings. The van der Waals surface area contributed by atoms with E-state index in [1.54, 1.807) is 31.1 Å². The van der Waals surface area contributed by atoms with Gasteiger partial charge in [-0.05, 0) is 37.1 Å². The molecule has 2 atom stereocenters. The minimum Gasteiger partial charge on any atom is -0.497 e. The van der Waals surface area contributed by atoms with Crippen molar-refractivity contribution in [3.63, 3.8) is 0 Å². The third-order valence-electron chi connectivity index (χ3n) is 5.12. The summed E-state index contributed by atoms with van der Waals surface area (Å²) < 4.78 is 5.21. The van der Waals surface area contributed by atoms with Crippen LogP contribution >= 0.6 is 11.8 Å². The van der Waals surface area contributed by atoms with Crippen molar-refractivity contribution >= 4 is 46.0 Å². The molecule has 2 aliphatic heterocycles. The Balaban J connectivity index is 1.58. The van der Waals surface area contributed by atoms with Gasteiger partial charge in [-0.25, -0.2) is 9.89 Å². The predicted octanol–water partition coefficient (Wildman–Crippen LogP) is 4.07. The van der Waals surface area contributed by atoms with E-state index in [0.29, 0.717) is 22.4 Å². The van der Waals surface area contributed by atoms with Crippen molar-refractivity contribution in [3.8, 4) is 5.75 Å². The number of nitrogens with zero attached hydrogens (tertiary/aromatic N) is 3. The van der Waals surface area contributed by atoms with E-state index in [9.17, 15) is 9.59 Å². The number of aliphatic imine (C=N–C) groups is 2. The number of rotatable bonds is 5. The Morgan fingerprint density at radius 3 is 2.68 bits per heavy atom. The second-order valence-corrected chi connectivity index (χ2v) is 9.02. The van der Waals surface area contributed by atoms with Crippen molar-refractivity contribution < 1.29 is 14.3 Å². The van der Waals surface area contributed by atoms with Crippen LogP contribution in [0.4, 0.5) is 11.4 Å². The van der Waals surface area contributed by atoms with Crippen LogP contribution in [0.2, 0.25) is 0 Å². The summed E-state index contributed by atoms with van der Waals surface area (Å²) in [5.41, 5.74) is 2.22. The molecule has 4 rings (SSSR count). The zero-order valence-corrected chi connectivity index (χ0v) is 18.6. The highest BCUT2D eigenvalue weighted by Crippen LogP contribution is 2.36. The maximum Gasteiger partial charge on any atom is 0.259 e. The highest BCUT2D eigenvalue weighted by molar-refractivity contribution is 8.15. The number of benzene rings is 2. The quantitative estimate of drug-likeness (QED) is 0.766. The second kappa shape index (κ2) is 8.55. The van der Waals surface area contributed by atoms with Gasteiger partial charge >= 0.3 is 0 Å². The lowest BCUT2D eigenvalue weighted by Gasteiger charge is -2.27. The number of amidine groups is 2. The first kappa shape index (κ1) is 21.1. The van der Waals surface area contributed by atoms with Crippen LogP contribution in [0.5, 0.6) is 5.75 Å². The summed E-state index contributed by atoms with van der Waals surface area (Å²) >= 11 is 1.25. The Kier molecular flexibility index (Phi) is 5.82. The van der Waals surface area contributed by atoms with Crippen LogP contribution in [0.1, 0.15) is 26.3 Å². The summed E-state index contributed by atoms with van der Waals surface area (Å²) in [7, 11) is 1.58. The summed E-state index contributed by atoms with van der Waals surface area (Å²) in [6, 6.07) is 14.3. The summed E-state index contributed by atoms with van der Waals surface area (Å²) in [5, 5.41) is 2.88. The molecule has 31 heavy (non-hydrogen) atoms. The van der Waals surface area contributed by atoms with Crippen LogP contribution in [-0.2, 0) is 9.59 Å². The molecule has 0 fully saturated rings. The van der Waals surface area contributed by atoms with E-state index in [1.165, 1.54) is 11.8 Å². The summed E-state index contributed by atoms with van der Waals surface area (Å²) in [6.45, 7) is 5.75. The highest BCUT2D eigenvalue weighted by Gasteiger charge is 2.43. The summed E-state index contributed by atoms with van der Waals surface area (Å²) in [4.78, 5) is 36.9. The Morgan fingerprint density at radius 1 is 1.16 bits per heavy atom. The molecule has 1 N–H and O–H groups in total. The van der Waals surface area contributed by atoms with E-state index < -0.39 is 11.3 Å². The fourth-order valence-corrected chi connectivity index (χ4v) is 4.35. The SMILES string of the molecule is COc1cccc(NC(=O)[C@@H](C)SC2=Nc3ccccc3C3=N[C@@H](C(C)C)C(=O)N23)c1. The number of para-hydroxylation sites is 1. The second-order valence-electron chi connectivity index (χ2n) is 7.71. The van der Waals surface area contributed by atoms with E-state index in [4.69, 9.17) is 14.7 Å². The number of hydrogen-bond acceptors (Lipinski definition) is 6. The Hall–Kier alpha value is -3.13. The maximum atomic E-state index is 13.1. The van der Waals surface area contributed by atoms with Gasteiger partial charge in [-0.15, -0.1) is 0 Å². The van der Waals surface area contributed by atoms with Gasteiger partial charge in [-0.2, -0.15) is 0 Å². The van der Waals surface area contributed by atoms with Gasteiger partial charge in [0.25, 0.3) is 5.91 Å². The molecule has 2 heterocycles. The number of methoxy groups -OCH3 is 1. The normalized spacial score (nSPS) is 18.2. The number of thioether (sulfide) groups is 1. The monoisotopic (exact) mass is 436 g/mol. The van der Waals surface area contributed by atoms with E-state index in [0.717, 1.165) is 11.3 Å². The molecule has 8 heteroatoms. The van der Waals surface area contributed by atoms with Crippen LogP contribution in [-0.4, -0.2) is 46.1 Å². The van der Waals surface area contributed by atoms with Gasteiger partial charge in [0.05, 0.1) is 18.0 Å². The maximum absolute atomic E-state index is 13.1. The first-order valence-corrected chi connectivity index (χ1v) is 11.0. The molecule has 0 spiro atoms. The molecule has 0 unspecified atom stereocenters. The van der Waals surface area contributed by atoms with Crippen LogP contribution in [0.25, 0.3) is 0 Å². The van der Waals surface area contributed by atoms with Gasteiger partial charge in [0.1, 0.15) is 17.6 Å². The lowest BCUT2D eigenvalue weighted by atomic mass is 10.1. The number of nitrogens with one attached hydrogen (secondary N) is 1. The molecular formula is C23H24N4O3S. The van der Waals surface area contributed by atoms with Gasteiger partial charge in [-0.1, -0.05) is 43.8 Å². The van der Waals surface area contributed by atoms with Crippen molar-refractivity contribution in [2.45, 2.75) is 32.1 Å². The largest absolute Gasteiger partial charge is 0.497 e. The lowest BCUT2D eigenvalue weighted by Crippen LogP contribution is -2.43. The van der Waals surface area contributed by atoms with Crippen molar-refractivity contribution in [2.75, 3.05) is 12.4 Å². The molecule has 0 saturated carbocycles. The number of hydrogen-bond donors (Lipinski definition) is 1. The number of fused-ring (bicyclic) bond motifs is 3. The zero-order chi connectivity index (χ0) is 22.1.